The fraction of sp³-hybridized carbons (Fsp3) is 0.600. The van der Waals surface area contributed by atoms with Crippen LogP contribution in [-0.4, -0.2) is 66.6 Å². The zero-order valence-corrected chi connectivity index (χ0v) is 12.0. The van der Waals surface area contributed by atoms with Crippen LogP contribution < -0.4 is 11.1 Å². The van der Waals surface area contributed by atoms with E-state index in [9.17, 15) is 13.2 Å². The number of nitrogens with one attached hydrogen (secondary N) is 2. The summed E-state index contributed by atoms with van der Waals surface area (Å²) in [4.78, 5) is 13.2. The zero-order valence-electron chi connectivity index (χ0n) is 11.2. The molecule has 0 atom stereocenters. The van der Waals surface area contributed by atoms with Crippen LogP contribution in [0.15, 0.2) is 11.1 Å². The van der Waals surface area contributed by atoms with Gasteiger partial charge in [0, 0.05) is 32.7 Å². The lowest BCUT2D eigenvalue weighted by molar-refractivity contribution is 0.173. The Morgan fingerprint density at radius 2 is 2.10 bits per heavy atom. The minimum Gasteiger partial charge on any atom is -0.383 e. The van der Waals surface area contributed by atoms with Crippen molar-refractivity contribution in [3.63, 3.8) is 0 Å². The van der Waals surface area contributed by atoms with E-state index in [1.165, 1.54) is 10.5 Å². The molecule has 1 saturated heterocycles. The Hall–Kier alpha value is -1.81. The molecule has 20 heavy (non-hydrogen) atoms. The third-order valence-corrected chi connectivity index (χ3v) is 5.03. The minimum atomic E-state index is -3.65. The van der Waals surface area contributed by atoms with Crippen molar-refractivity contribution in [3.8, 4) is 0 Å². The predicted molar refractivity (Wildman–Crippen MR) is 72.4 cm³/mol. The first kappa shape index (κ1) is 14.6. The van der Waals surface area contributed by atoms with Crippen LogP contribution in [-0.2, 0) is 10.0 Å². The van der Waals surface area contributed by atoms with Crippen LogP contribution in [0.1, 0.15) is 6.92 Å². The lowest BCUT2D eigenvalue weighted by Gasteiger charge is -2.33. The molecule has 2 heterocycles. The first-order valence-corrected chi connectivity index (χ1v) is 7.72. The number of rotatable bonds is 3. The topological polar surface area (TPSA) is 124 Å². The number of sulfonamides is 1. The van der Waals surface area contributed by atoms with Crippen molar-refractivity contribution in [2.45, 2.75) is 11.8 Å². The van der Waals surface area contributed by atoms with Crippen LogP contribution in [0.3, 0.4) is 0 Å². The monoisotopic (exact) mass is 302 g/mol. The fourth-order valence-corrected chi connectivity index (χ4v) is 3.46. The summed E-state index contributed by atoms with van der Waals surface area (Å²) in [6, 6.07) is -0.174. The van der Waals surface area contributed by atoms with Crippen molar-refractivity contribution in [2.75, 3.05) is 38.5 Å². The Morgan fingerprint density at radius 1 is 1.45 bits per heavy atom. The summed E-state index contributed by atoms with van der Waals surface area (Å²) in [5, 5.41) is 8.71. The average Bonchev–Trinajstić information content (AvgIpc) is 2.86. The van der Waals surface area contributed by atoms with E-state index in [1.807, 2.05) is 6.92 Å². The molecule has 2 amide bonds. The third-order valence-electron chi connectivity index (χ3n) is 3.10. The lowest BCUT2D eigenvalue weighted by Crippen LogP contribution is -2.53. The van der Waals surface area contributed by atoms with Gasteiger partial charge in [0.25, 0.3) is 0 Å². The van der Waals surface area contributed by atoms with Gasteiger partial charge in [0.05, 0.1) is 6.20 Å². The number of nitrogen functional groups attached to an aromatic ring is 1. The molecule has 2 rings (SSSR count). The van der Waals surface area contributed by atoms with Gasteiger partial charge in [-0.1, -0.05) is 0 Å². The van der Waals surface area contributed by atoms with Gasteiger partial charge in [-0.15, -0.1) is 0 Å². The molecule has 1 aliphatic heterocycles. The lowest BCUT2D eigenvalue weighted by atomic mass is 10.4. The quantitative estimate of drug-likeness (QED) is 0.662. The summed E-state index contributed by atoms with van der Waals surface area (Å²) >= 11 is 0. The molecule has 0 aliphatic carbocycles. The van der Waals surface area contributed by atoms with Crippen LogP contribution >= 0.6 is 0 Å². The highest BCUT2D eigenvalue weighted by molar-refractivity contribution is 7.89. The number of hydrogen-bond acceptors (Lipinski definition) is 5. The molecule has 0 saturated carbocycles. The summed E-state index contributed by atoms with van der Waals surface area (Å²) in [7, 11) is -3.65. The number of carbonyl (C=O) groups is 1. The number of nitrogens with two attached hydrogens (primary N) is 1. The van der Waals surface area contributed by atoms with Crippen LogP contribution in [0.2, 0.25) is 0 Å². The minimum absolute atomic E-state index is 0.0241. The molecule has 0 spiro atoms. The molecule has 1 aliphatic rings. The normalized spacial score (nSPS) is 17.1. The van der Waals surface area contributed by atoms with Gasteiger partial charge < -0.3 is 16.0 Å². The Labute approximate surface area is 117 Å². The number of anilines is 1. The molecule has 1 aromatic rings. The number of amides is 2. The molecular weight excluding hydrogens is 284 g/mol. The van der Waals surface area contributed by atoms with Crippen LogP contribution in [0.4, 0.5) is 10.6 Å². The number of aromatic amines is 1. The fourth-order valence-electron chi connectivity index (χ4n) is 2.02. The number of carbonyl (C=O) groups excluding carboxylic acids is 1. The third kappa shape index (κ3) is 2.70. The van der Waals surface area contributed by atoms with Crippen molar-refractivity contribution in [1.29, 1.82) is 0 Å². The van der Waals surface area contributed by atoms with Gasteiger partial charge in [0.1, 0.15) is 10.7 Å². The van der Waals surface area contributed by atoms with Gasteiger partial charge in [-0.2, -0.15) is 9.40 Å². The molecule has 0 aromatic carbocycles. The molecule has 112 valence electrons. The maximum Gasteiger partial charge on any atom is 0.317 e. The summed E-state index contributed by atoms with van der Waals surface area (Å²) < 4.78 is 26.0. The summed E-state index contributed by atoms with van der Waals surface area (Å²) in [5.41, 5.74) is 5.55. The van der Waals surface area contributed by atoms with E-state index in [0.717, 1.165) is 0 Å². The second kappa shape index (κ2) is 5.67. The Morgan fingerprint density at radius 3 is 2.60 bits per heavy atom. The molecule has 0 bridgehead atoms. The molecule has 9 nitrogen and oxygen atoms in total. The van der Waals surface area contributed by atoms with Crippen molar-refractivity contribution in [1.82, 2.24) is 24.7 Å². The van der Waals surface area contributed by atoms with E-state index in [1.54, 1.807) is 4.90 Å². The van der Waals surface area contributed by atoms with E-state index >= 15 is 0 Å². The van der Waals surface area contributed by atoms with E-state index in [0.29, 0.717) is 19.6 Å². The number of aromatic nitrogens is 2. The number of H-pyrrole nitrogens is 1. The number of nitrogens with zero attached hydrogens (tertiary/aromatic N) is 3. The highest BCUT2D eigenvalue weighted by Crippen LogP contribution is 2.20. The van der Waals surface area contributed by atoms with Gasteiger partial charge in [0.15, 0.2) is 0 Å². The Balaban J connectivity index is 2.04. The number of hydrogen-bond donors (Lipinski definition) is 3. The van der Waals surface area contributed by atoms with Gasteiger partial charge >= 0.3 is 6.03 Å². The van der Waals surface area contributed by atoms with E-state index in [-0.39, 0.29) is 29.8 Å². The highest BCUT2D eigenvalue weighted by Gasteiger charge is 2.32. The van der Waals surface area contributed by atoms with Crippen molar-refractivity contribution < 1.29 is 13.2 Å². The largest absolute Gasteiger partial charge is 0.383 e. The van der Waals surface area contributed by atoms with Crippen LogP contribution in [0.25, 0.3) is 0 Å². The maximum absolute atomic E-state index is 12.3. The van der Waals surface area contributed by atoms with Gasteiger partial charge in [0.2, 0.25) is 10.0 Å². The Bertz CT molecular complexity index is 576. The van der Waals surface area contributed by atoms with Crippen LogP contribution in [0, 0.1) is 0 Å². The average molecular weight is 302 g/mol. The highest BCUT2D eigenvalue weighted by atomic mass is 32.2. The maximum atomic E-state index is 12.3. The van der Waals surface area contributed by atoms with Crippen LogP contribution in [0.5, 0.6) is 0 Å². The molecule has 0 unspecified atom stereocenters. The smallest absolute Gasteiger partial charge is 0.317 e. The molecule has 4 N–H and O–H groups in total. The summed E-state index contributed by atoms with van der Waals surface area (Å²) in [6.07, 6.45) is 1.20. The van der Waals surface area contributed by atoms with Crippen molar-refractivity contribution >= 4 is 21.9 Å². The Kier molecular flexibility index (Phi) is 4.14. The predicted octanol–water partition coefficient (Wildman–Crippen LogP) is -0.972. The second-order valence-corrected chi connectivity index (χ2v) is 6.28. The van der Waals surface area contributed by atoms with E-state index in [2.05, 4.69) is 15.5 Å². The van der Waals surface area contributed by atoms with E-state index in [4.69, 9.17) is 5.73 Å². The first-order valence-electron chi connectivity index (χ1n) is 6.28. The van der Waals surface area contributed by atoms with Crippen molar-refractivity contribution in [2.24, 2.45) is 0 Å². The molecule has 10 heteroatoms. The molecule has 1 aromatic heterocycles. The van der Waals surface area contributed by atoms with Gasteiger partial charge in [-0.3, -0.25) is 5.10 Å². The standard InChI is InChI=1S/C10H18N6O3S/c1-2-12-10(17)15-3-5-16(6-4-15)20(18,19)8-7-13-14-9(8)11/h7H,2-6H2,1H3,(H,12,17)(H3,11,13,14). The van der Waals surface area contributed by atoms with Gasteiger partial charge in [-0.25, -0.2) is 13.2 Å². The van der Waals surface area contributed by atoms with Gasteiger partial charge in [-0.05, 0) is 6.92 Å². The number of urea groups is 1. The first-order chi connectivity index (χ1) is 9.46. The zero-order chi connectivity index (χ0) is 14.8. The SMILES string of the molecule is CCNC(=O)N1CCN(S(=O)(=O)c2cn[nH]c2N)CC1. The van der Waals surface area contributed by atoms with Crippen molar-refractivity contribution in [3.05, 3.63) is 6.20 Å². The number of piperazine rings is 1. The summed E-state index contributed by atoms with van der Waals surface area (Å²) in [6.45, 7) is 3.56. The second-order valence-electron chi connectivity index (χ2n) is 4.37. The molecular formula is C10H18N6O3S. The molecule has 1 fully saturated rings. The molecule has 0 radical (unpaired) electrons. The summed E-state index contributed by atoms with van der Waals surface area (Å²) in [5.74, 6) is 0.0242. The van der Waals surface area contributed by atoms with E-state index < -0.39 is 10.0 Å².